The van der Waals surface area contributed by atoms with Crippen LogP contribution in [-0.4, -0.2) is 22.6 Å². The van der Waals surface area contributed by atoms with Gasteiger partial charge in [0.05, 0.1) is 0 Å². The number of rotatable bonds is 4. The van der Waals surface area contributed by atoms with Crippen LogP contribution in [0.2, 0.25) is 0 Å². The van der Waals surface area contributed by atoms with Gasteiger partial charge in [-0.05, 0) is 20.3 Å². The molecule has 78 valence electrons. The molecule has 0 saturated carbocycles. The lowest BCUT2D eigenvalue weighted by Crippen LogP contribution is -2.28. The molecule has 1 rings (SSSR count). The predicted octanol–water partition coefficient (Wildman–Crippen LogP) is 1.24. The van der Waals surface area contributed by atoms with Crippen molar-refractivity contribution in [3.05, 3.63) is 17.6 Å². The molecule has 1 unspecified atom stereocenters. The van der Waals surface area contributed by atoms with E-state index in [0.717, 1.165) is 30.3 Å². The highest BCUT2D eigenvalue weighted by Gasteiger charge is 2.01. The minimum absolute atomic E-state index is 0.186. The van der Waals surface area contributed by atoms with Crippen LogP contribution >= 0.6 is 0 Å². The van der Waals surface area contributed by atoms with Gasteiger partial charge < -0.3 is 11.1 Å². The summed E-state index contributed by atoms with van der Waals surface area (Å²) < 4.78 is 0. The van der Waals surface area contributed by atoms with Crippen LogP contribution < -0.4 is 11.1 Å². The van der Waals surface area contributed by atoms with Crippen LogP contribution in [0.5, 0.6) is 0 Å². The third-order valence-corrected chi connectivity index (χ3v) is 2.04. The molecule has 0 aliphatic carbocycles. The molecule has 1 heterocycles. The Morgan fingerprint density at radius 1 is 1.43 bits per heavy atom. The van der Waals surface area contributed by atoms with Crippen LogP contribution in [0, 0.1) is 13.8 Å². The van der Waals surface area contributed by atoms with Gasteiger partial charge in [0.25, 0.3) is 0 Å². The van der Waals surface area contributed by atoms with Gasteiger partial charge in [0.1, 0.15) is 11.6 Å². The zero-order valence-corrected chi connectivity index (χ0v) is 9.04. The van der Waals surface area contributed by atoms with Gasteiger partial charge in [-0.25, -0.2) is 9.97 Å². The highest BCUT2D eigenvalue weighted by Crippen LogP contribution is 2.05. The first-order valence-electron chi connectivity index (χ1n) is 4.93. The molecule has 0 aliphatic heterocycles. The standard InChI is InChI=1S/C10H18N4/c1-4-9(11)6-12-10-5-7(2)13-8(3)14-10/h5,9H,4,6,11H2,1-3H3,(H,12,13,14). The number of hydrogen-bond donors (Lipinski definition) is 2. The van der Waals surface area contributed by atoms with E-state index in [2.05, 4.69) is 22.2 Å². The summed E-state index contributed by atoms with van der Waals surface area (Å²) in [6.07, 6.45) is 0.968. The quantitative estimate of drug-likeness (QED) is 0.757. The molecule has 4 nitrogen and oxygen atoms in total. The fourth-order valence-electron chi connectivity index (χ4n) is 1.19. The molecule has 0 amide bonds. The molecule has 0 spiro atoms. The van der Waals surface area contributed by atoms with Crippen molar-refractivity contribution in [1.82, 2.24) is 9.97 Å². The minimum Gasteiger partial charge on any atom is -0.368 e. The molecule has 0 fully saturated rings. The Kier molecular flexibility index (Phi) is 3.83. The molecular formula is C10H18N4. The zero-order valence-electron chi connectivity index (χ0n) is 9.04. The second-order valence-electron chi connectivity index (χ2n) is 3.49. The van der Waals surface area contributed by atoms with E-state index in [1.54, 1.807) is 0 Å². The Morgan fingerprint density at radius 2 is 2.14 bits per heavy atom. The van der Waals surface area contributed by atoms with Gasteiger partial charge >= 0.3 is 0 Å². The van der Waals surface area contributed by atoms with E-state index >= 15 is 0 Å². The Bertz CT molecular complexity index is 278. The fourth-order valence-corrected chi connectivity index (χ4v) is 1.19. The van der Waals surface area contributed by atoms with E-state index in [-0.39, 0.29) is 6.04 Å². The van der Waals surface area contributed by atoms with Crippen LogP contribution in [0.1, 0.15) is 24.9 Å². The molecule has 1 aromatic rings. The van der Waals surface area contributed by atoms with Crippen molar-refractivity contribution in [3.63, 3.8) is 0 Å². The average molecular weight is 194 g/mol. The number of anilines is 1. The summed E-state index contributed by atoms with van der Waals surface area (Å²) in [5.41, 5.74) is 6.77. The normalized spacial score (nSPS) is 12.6. The van der Waals surface area contributed by atoms with Gasteiger partial charge in [-0.2, -0.15) is 0 Å². The van der Waals surface area contributed by atoms with Crippen molar-refractivity contribution in [1.29, 1.82) is 0 Å². The molecular weight excluding hydrogens is 176 g/mol. The number of aromatic nitrogens is 2. The molecule has 1 aromatic heterocycles. The van der Waals surface area contributed by atoms with E-state index < -0.39 is 0 Å². The lowest BCUT2D eigenvalue weighted by atomic mass is 10.2. The molecule has 0 saturated heterocycles. The van der Waals surface area contributed by atoms with Crippen molar-refractivity contribution in [2.24, 2.45) is 5.73 Å². The van der Waals surface area contributed by atoms with Gasteiger partial charge in [0.15, 0.2) is 0 Å². The summed E-state index contributed by atoms with van der Waals surface area (Å²) in [6, 6.07) is 2.11. The fraction of sp³-hybridized carbons (Fsp3) is 0.600. The Morgan fingerprint density at radius 3 is 2.71 bits per heavy atom. The summed E-state index contributed by atoms with van der Waals surface area (Å²) in [4.78, 5) is 8.46. The second-order valence-corrected chi connectivity index (χ2v) is 3.49. The van der Waals surface area contributed by atoms with Crippen molar-refractivity contribution in [2.75, 3.05) is 11.9 Å². The van der Waals surface area contributed by atoms with Crippen molar-refractivity contribution in [2.45, 2.75) is 33.2 Å². The number of nitrogens with zero attached hydrogens (tertiary/aromatic N) is 2. The third kappa shape index (κ3) is 3.30. The van der Waals surface area contributed by atoms with E-state index in [4.69, 9.17) is 5.73 Å². The van der Waals surface area contributed by atoms with Gasteiger partial charge in [0.2, 0.25) is 0 Å². The zero-order chi connectivity index (χ0) is 10.6. The van der Waals surface area contributed by atoms with Crippen LogP contribution in [0.3, 0.4) is 0 Å². The van der Waals surface area contributed by atoms with Gasteiger partial charge in [-0.3, -0.25) is 0 Å². The van der Waals surface area contributed by atoms with E-state index in [0.29, 0.717) is 0 Å². The van der Waals surface area contributed by atoms with Gasteiger partial charge in [-0.1, -0.05) is 6.92 Å². The first kappa shape index (κ1) is 10.9. The predicted molar refractivity (Wildman–Crippen MR) is 58.3 cm³/mol. The maximum absolute atomic E-state index is 5.79. The summed E-state index contributed by atoms with van der Waals surface area (Å²) in [5, 5.41) is 3.20. The summed E-state index contributed by atoms with van der Waals surface area (Å²) in [5.74, 6) is 1.65. The lowest BCUT2D eigenvalue weighted by Gasteiger charge is -2.11. The van der Waals surface area contributed by atoms with Crippen molar-refractivity contribution in [3.8, 4) is 0 Å². The van der Waals surface area contributed by atoms with Crippen LogP contribution in [0.25, 0.3) is 0 Å². The molecule has 14 heavy (non-hydrogen) atoms. The molecule has 1 atom stereocenters. The largest absolute Gasteiger partial charge is 0.368 e. The molecule has 3 N–H and O–H groups in total. The van der Waals surface area contributed by atoms with Crippen LogP contribution in [-0.2, 0) is 0 Å². The number of nitrogens with one attached hydrogen (secondary N) is 1. The maximum Gasteiger partial charge on any atom is 0.129 e. The van der Waals surface area contributed by atoms with Crippen LogP contribution in [0.4, 0.5) is 5.82 Å². The molecule has 0 radical (unpaired) electrons. The van der Waals surface area contributed by atoms with Gasteiger partial charge in [-0.15, -0.1) is 0 Å². The molecule has 4 heteroatoms. The minimum atomic E-state index is 0.186. The summed E-state index contributed by atoms with van der Waals surface area (Å²) in [6.45, 7) is 6.67. The lowest BCUT2D eigenvalue weighted by molar-refractivity contribution is 0.677. The van der Waals surface area contributed by atoms with E-state index in [1.807, 2.05) is 19.9 Å². The number of hydrogen-bond acceptors (Lipinski definition) is 4. The summed E-state index contributed by atoms with van der Waals surface area (Å²) >= 11 is 0. The molecule has 0 bridgehead atoms. The highest BCUT2D eigenvalue weighted by atomic mass is 15.0. The van der Waals surface area contributed by atoms with E-state index in [1.165, 1.54) is 0 Å². The van der Waals surface area contributed by atoms with Crippen molar-refractivity contribution < 1.29 is 0 Å². The third-order valence-electron chi connectivity index (χ3n) is 2.04. The SMILES string of the molecule is CCC(N)CNc1cc(C)nc(C)n1. The Hall–Kier alpha value is -1.16. The first-order chi connectivity index (χ1) is 6.61. The van der Waals surface area contributed by atoms with E-state index in [9.17, 15) is 0 Å². The van der Waals surface area contributed by atoms with Gasteiger partial charge in [0, 0.05) is 24.3 Å². The highest BCUT2D eigenvalue weighted by molar-refractivity contribution is 5.35. The molecule has 0 aromatic carbocycles. The maximum atomic E-state index is 5.79. The first-order valence-corrected chi connectivity index (χ1v) is 4.93. The summed E-state index contributed by atoms with van der Waals surface area (Å²) in [7, 11) is 0. The number of nitrogens with two attached hydrogens (primary N) is 1. The monoisotopic (exact) mass is 194 g/mol. The Labute approximate surface area is 85.0 Å². The number of aryl methyl sites for hydroxylation is 2. The topological polar surface area (TPSA) is 63.8 Å². The Balaban J connectivity index is 2.58. The average Bonchev–Trinajstić information content (AvgIpc) is 2.12. The second kappa shape index (κ2) is 4.91. The van der Waals surface area contributed by atoms with Crippen LogP contribution in [0.15, 0.2) is 6.07 Å². The smallest absolute Gasteiger partial charge is 0.129 e. The molecule has 0 aliphatic rings. The van der Waals surface area contributed by atoms with Crippen molar-refractivity contribution >= 4 is 5.82 Å².